The number of fused-ring (bicyclic) bond motifs is 2. The van der Waals surface area contributed by atoms with Gasteiger partial charge in [-0.15, -0.1) is 0 Å². The zero-order valence-electron chi connectivity index (χ0n) is 13.9. The van der Waals surface area contributed by atoms with E-state index in [2.05, 4.69) is 20.8 Å². The topological polar surface area (TPSA) is 26.3 Å². The van der Waals surface area contributed by atoms with Crippen molar-refractivity contribution in [3.05, 3.63) is 0 Å². The van der Waals surface area contributed by atoms with E-state index in [1.54, 1.807) is 0 Å². The molecule has 20 heavy (non-hydrogen) atoms. The predicted molar refractivity (Wildman–Crippen MR) is 82.3 cm³/mol. The average molecular weight is 280 g/mol. The molecule has 2 aliphatic carbocycles. The standard InChI is InChI=1S/C18H32O2/c1-6-13(3)17(19)20-18(4,5)16-10-14-7-12(2)8-15(9-14)11-16/h12-16H,6-11H2,1-5H3. The molecule has 0 radical (unpaired) electrons. The smallest absolute Gasteiger partial charge is 0.309 e. The normalized spacial score (nSPS) is 35.5. The summed E-state index contributed by atoms with van der Waals surface area (Å²) < 4.78 is 5.88. The Morgan fingerprint density at radius 3 is 2.20 bits per heavy atom. The van der Waals surface area contributed by atoms with Crippen LogP contribution in [0, 0.1) is 29.6 Å². The number of ether oxygens (including phenoxy) is 1. The molecule has 0 aromatic carbocycles. The third-order valence-electron chi connectivity index (χ3n) is 5.74. The van der Waals surface area contributed by atoms with Crippen LogP contribution < -0.4 is 0 Å². The van der Waals surface area contributed by atoms with Crippen LogP contribution in [-0.4, -0.2) is 11.6 Å². The molecule has 3 atom stereocenters. The summed E-state index contributed by atoms with van der Waals surface area (Å²) in [4.78, 5) is 12.1. The molecule has 0 spiro atoms. The van der Waals surface area contributed by atoms with Crippen LogP contribution in [0.4, 0.5) is 0 Å². The van der Waals surface area contributed by atoms with Crippen molar-refractivity contribution in [3.63, 3.8) is 0 Å². The molecule has 0 aliphatic heterocycles. The zero-order chi connectivity index (χ0) is 14.9. The van der Waals surface area contributed by atoms with Gasteiger partial charge in [0.25, 0.3) is 0 Å². The van der Waals surface area contributed by atoms with E-state index in [1.165, 1.54) is 32.1 Å². The Hall–Kier alpha value is -0.530. The first-order valence-corrected chi connectivity index (χ1v) is 8.54. The lowest BCUT2D eigenvalue weighted by Gasteiger charge is -2.46. The van der Waals surface area contributed by atoms with E-state index in [-0.39, 0.29) is 17.5 Å². The van der Waals surface area contributed by atoms with Crippen LogP contribution in [0.5, 0.6) is 0 Å². The van der Waals surface area contributed by atoms with Crippen molar-refractivity contribution in [1.82, 2.24) is 0 Å². The van der Waals surface area contributed by atoms with Gasteiger partial charge in [-0.05, 0) is 76.0 Å². The monoisotopic (exact) mass is 280 g/mol. The number of esters is 1. The maximum atomic E-state index is 12.1. The van der Waals surface area contributed by atoms with E-state index < -0.39 is 0 Å². The summed E-state index contributed by atoms with van der Waals surface area (Å²) in [7, 11) is 0. The minimum Gasteiger partial charge on any atom is -0.459 e. The second kappa shape index (κ2) is 6.07. The first-order chi connectivity index (χ1) is 9.31. The maximum Gasteiger partial charge on any atom is 0.309 e. The van der Waals surface area contributed by atoms with Crippen molar-refractivity contribution in [1.29, 1.82) is 0 Å². The predicted octanol–water partition coefficient (Wildman–Crippen LogP) is 4.82. The Labute approximate surface area is 124 Å². The van der Waals surface area contributed by atoms with E-state index in [9.17, 15) is 4.79 Å². The third-order valence-corrected chi connectivity index (χ3v) is 5.74. The minimum absolute atomic E-state index is 0.0124. The summed E-state index contributed by atoms with van der Waals surface area (Å²) in [5.41, 5.74) is -0.294. The van der Waals surface area contributed by atoms with Gasteiger partial charge >= 0.3 is 5.97 Å². The highest BCUT2D eigenvalue weighted by atomic mass is 16.6. The molecule has 2 saturated carbocycles. The molecular weight excluding hydrogens is 248 g/mol. The van der Waals surface area contributed by atoms with Crippen molar-refractivity contribution in [2.45, 2.75) is 78.7 Å². The fraction of sp³-hybridized carbons (Fsp3) is 0.944. The average Bonchev–Trinajstić information content (AvgIpc) is 2.35. The molecular formula is C18H32O2. The van der Waals surface area contributed by atoms with Crippen LogP contribution in [-0.2, 0) is 9.53 Å². The van der Waals surface area contributed by atoms with Gasteiger partial charge in [0.2, 0.25) is 0 Å². The van der Waals surface area contributed by atoms with Gasteiger partial charge in [-0.2, -0.15) is 0 Å². The van der Waals surface area contributed by atoms with E-state index in [1.807, 2.05) is 13.8 Å². The van der Waals surface area contributed by atoms with Gasteiger partial charge in [0.1, 0.15) is 5.60 Å². The van der Waals surface area contributed by atoms with Crippen molar-refractivity contribution >= 4 is 5.97 Å². The molecule has 0 aromatic heterocycles. The number of hydrogen-bond acceptors (Lipinski definition) is 2. The molecule has 2 nitrogen and oxygen atoms in total. The fourth-order valence-electron chi connectivity index (χ4n) is 4.36. The summed E-state index contributed by atoms with van der Waals surface area (Å²) in [6.45, 7) is 10.7. The number of carbonyl (C=O) groups excluding carboxylic acids is 1. The van der Waals surface area contributed by atoms with Gasteiger partial charge < -0.3 is 4.74 Å². The van der Waals surface area contributed by atoms with Gasteiger partial charge in [0.05, 0.1) is 5.92 Å². The molecule has 2 heteroatoms. The Kier molecular flexibility index (Phi) is 4.81. The Morgan fingerprint density at radius 2 is 1.70 bits per heavy atom. The summed E-state index contributed by atoms with van der Waals surface area (Å²) in [5, 5.41) is 0. The maximum absolute atomic E-state index is 12.1. The van der Waals surface area contributed by atoms with Crippen LogP contribution in [0.15, 0.2) is 0 Å². The first-order valence-electron chi connectivity index (χ1n) is 8.54. The number of carbonyl (C=O) groups is 1. The van der Waals surface area contributed by atoms with Gasteiger partial charge in [-0.1, -0.05) is 20.8 Å². The Morgan fingerprint density at radius 1 is 1.15 bits per heavy atom. The second-order valence-corrected chi connectivity index (χ2v) is 8.05. The van der Waals surface area contributed by atoms with Crippen molar-refractivity contribution in [2.24, 2.45) is 29.6 Å². The quantitative estimate of drug-likeness (QED) is 0.690. The van der Waals surface area contributed by atoms with E-state index >= 15 is 0 Å². The van der Waals surface area contributed by atoms with Crippen LogP contribution in [0.1, 0.15) is 73.1 Å². The first kappa shape index (κ1) is 15.9. The van der Waals surface area contributed by atoms with E-state index in [0.29, 0.717) is 5.92 Å². The summed E-state index contributed by atoms with van der Waals surface area (Å²) >= 11 is 0. The molecule has 2 aliphatic rings. The van der Waals surface area contributed by atoms with Crippen molar-refractivity contribution in [3.8, 4) is 0 Å². The van der Waals surface area contributed by atoms with Crippen molar-refractivity contribution in [2.75, 3.05) is 0 Å². The molecule has 0 amide bonds. The zero-order valence-corrected chi connectivity index (χ0v) is 13.9. The summed E-state index contributed by atoms with van der Waals surface area (Å²) in [6, 6.07) is 0. The van der Waals surface area contributed by atoms with E-state index in [0.717, 1.165) is 24.2 Å². The lowest BCUT2D eigenvalue weighted by molar-refractivity contribution is -0.170. The highest BCUT2D eigenvalue weighted by molar-refractivity contribution is 5.72. The lowest BCUT2D eigenvalue weighted by atomic mass is 9.62. The van der Waals surface area contributed by atoms with Gasteiger partial charge in [-0.25, -0.2) is 0 Å². The molecule has 2 rings (SSSR count). The molecule has 0 saturated heterocycles. The SMILES string of the molecule is CCC(C)C(=O)OC(C)(C)C1CC2CC(C)CC(C2)C1. The fourth-order valence-corrected chi connectivity index (χ4v) is 4.36. The van der Waals surface area contributed by atoms with Crippen LogP contribution in [0.3, 0.4) is 0 Å². The highest BCUT2D eigenvalue weighted by Gasteiger charge is 2.42. The molecule has 2 fully saturated rings. The third kappa shape index (κ3) is 3.56. The largest absolute Gasteiger partial charge is 0.459 e. The van der Waals surface area contributed by atoms with Gasteiger partial charge in [0, 0.05) is 0 Å². The van der Waals surface area contributed by atoms with Crippen molar-refractivity contribution < 1.29 is 9.53 Å². The lowest BCUT2D eigenvalue weighted by Crippen LogP contribution is -2.44. The summed E-state index contributed by atoms with van der Waals surface area (Å²) in [5.74, 6) is 3.18. The highest BCUT2D eigenvalue weighted by Crippen LogP contribution is 2.48. The summed E-state index contributed by atoms with van der Waals surface area (Å²) in [6.07, 6.45) is 7.53. The number of hydrogen-bond donors (Lipinski definition) is 0. The van der Waals surface area contributed by atoms with Gasteiger partial charge in [-0.3, -0.25) is 4.79 Å². The molecule has 0 aromatic rings. The van der Waals surface area contributed by atoms with Crippen LogP contribution >= 0.6 is 0 Å². The van der Waals surface area contributed by atoms with Crippen LogP contribution in [0.25, 0.3) is 0 Å². The second-order valence-electron chi connectivity index (χ2n) is 8.05. The molecule has 2 bridgehead atoms. The molecule has 116 valence electrons. The van der Waals surface area contributed by atoms with Crippen LogP contribution in [0.2, 0.25) is 0 Å². The van der Waals surface area contributed by atoms with Gasteiger partial charge in [0.15, 0.2) is 0 Å². The minimum atomic E-state index is -0.294. The Balaban J connectivity index is 1.98. The van der Waals surface area contributed by atoms with E-state index in [4.69, 9.17) is 4.74 Å². The Bertz CT molecular complexity index is 329. The molecule has 3 unspecified atom stereocenters. The molecule has 0 heterocycles. The number of rotatable bonds is 4. The molecule has 0 N–H and O–H groups in total.